The number of benzene rings is 3. The molecule has 0 saturated carbocycles. The second kappa shape index (κ2) is 9.29. The lowest BCUT2D eigenvalue weighted by atomic mass is 9.80. The second-order valence-corrected chi connectivity index (χ2v) is 9.31. The van der Waals surface area contributed by atoms with Gasteiger partial charge in [-0.05, 0) is 66.5 Å². The molecule has 0 unspecified atom stereocenters. The number of hydrogen-bond donors (Lipinski definition) is 0. The van der Waals surface area contributed by atoms with Crippen molar-refractivity contribution in [1.82, 2.24) is 0 Å². The van der Waals surface area contributed by atoms with E-state index in [0.29, 0.717) is 0 Å². The monoisotopic (exact) mass is 474 g/mol. The van der Waals surface area contributed by atoms with Gasteiger partial charge in [0.05, 0.1) is 22.3 Å². The Hall–Kier alpha value is -3.06. The molecule has 34 heavy (non-hydrogen) atoms. The van der Waals surface area contributed by atoms with Gasteiger partial charge in [0.25, 0.3) is 0 Å². The molecule has 0 amide bonds. The Morgan fingerprint density at radius 2 is 1.03 bits per heavy atom. The molecule has 2 aliphatic rings. The molecule has 0 saturated heterocycles. The molecule has 2 aliphatic carbocycles. The Labute approximate surface area is 200 Å². The number of hydrogen-bond acceptors (Lipinski definition) is 4. The minimum Gasteiger partial charge on any atom is -0.222 e. The molecule has 3 aromatic carbocycles. The van der Waals surface area contributed by atoms with Gasteiger partial charge in [-0.2, -0.15) is 0 Å². The van der Waals surface area contributed by atoms with Crippen LogP contribution in [-0.4, -0.2) is 0 Å². The van der Waals surface area contributed by atoms with Crippen LogP contribution in [0, 0.1) is 10.2 Å². The fourth-order valence-electron chi connectivity index (χ4n) is 5.10. The molecule has 0 aliphatic heterocycles. The normalized spacial score (nSPS) is 13.5. The van der Waals surface area contributed by atoms with Crippen LogP contribution in [0.25, 0.3) is 22.6 Å². The fourth-order valence-corrected chi connectivity index (χ4v) is 5.10. The zero-order valence-corrected chi connectivity index (χ0v) is 19.2. The molecule has 172 valence electrons. The quantitative estimate of drug-likeness (QED) is 0.413. The SMILES string of the molecule is [O-][Cl+3]([O-])([O-])[O-].c1ccc(Cc2c3c([o+]c4c2CCc2ccccc2-4)-c2ccccc2CC3)cc1. The number of rotatable bonds is 2. The molecule has 0 N–H and O–H groups in total. The Morgan fingerprint density at radius 3 is 1.53 bits per heavy atom. The standard InChI is InChI=1S/C28H23O.ClHO4/c1-2-8-19(9-3-1)18-26-24-16-14-20-10-4-6-12-22(20)27(24)29-28-23-13-7-5-11-21(23)15-17-25(26)28;2-1(3,4)5/h1-13H,14-18H2;(H,2,3,4,5)/q+1;/p-1. The van der Waals surface area contributed by atoms with Crippen molar-refractivity contribution in [3.8, 4) is 22.6 Å². The maximum Gasteiger partial charge on any atom is 0.364 e. The smallest absolute Gasteiger partial charge is 0.222 e. The third-order valence-electron chi connectivity index (χ3n) is 6.52. The maximum absolute atomic E-state index is 8.49. The predicted molar refractivity (Wildman–Crippen MR) is 118 cm³/mol. The van der Waals surface area contributed by atoms with E-state index in [0.717, 1.165) is 43.6 Å². The lowest BCUT2D eigenvalue weighted by Gasteiger charge is -2.22. The molecule has 0 atom stereocenters. The summed E-state index contributed by atoms with van der Waals surface area (Å²) in [4.78, 5) is 0. The first-order valence-corrected chi connectivity index (χ1v) is 12.4. The zero-order chi connectivity index (χ0) is 23.7. The average Bonchev–Trinajstić information content (AvgIpc) is 2.83. The molecule has 6 heteroatoms. The molecular weight excluding hydrogens is 452 g/mol. The van der Waals surface area contributed by atoms with Gasteiger partial charge in [0, 0.05) is 0 Å². The van der Waals surface area contributed by atoms with Crippen LogP contribution < -0.4 is 18.6 Å². The topological polar surface area (TPSA) is 104 Å². The van der Waals surface area contributed by atoms with Crippen molar-refractivity contribution in [1.29, 1.82) is 0 Å². The molecule has 0 spiro atoms. The van der Waals surface area contributed by atoms with Crippen molar-refractivity contribution < 1.29 is 33.3 Å². The van der Waals surface area contributed by atoms with E-state index in [1.165, 1.54) is 44.5 Å². The fraction of sp³-hybridized carbons (Fsp3) is 0.179. The molecule has 1 aromatic heterocycles. The van der Waals surface area contributed by atoms with Gasteiger partial charge in [-0.3, -0.25) is 0 Å². The molecule has 0 radical (unpaired) electrons. The highest BCUT2D eigenvalue weighted by Crippen LogP contribution is 2.44. The third-order valence-corrected chi connectivity index (χ3v) is 6.52. The zero-order valence-electron chi connectivity index (χ0n) is 18.5. The van der Waals surface area contributed by atoms with Gasteiger partial charge in [-0.15, -0.1) is 10.2 Å². The first-order chi connectivity index (χ1) is 16.4. The Bertz CT molecular complexity index is 1250. The van der Waals surface area contributed by atoms with Crippen molar-refractivity contribution in [2.75, 3.05) is 0 Å². The van der Waals surface area contributed by atoms with Crippen LogP contribution in [0.5, 0.6) is 0 Å². The highest BCUT2D eigenvalue weighted by Gasteiger charge is 2.37. The predicted octanol–water partition coefficient (Wildman–Crippen LogP) is 1.93. The summed E-state index contributed by atoms with van der Waals surface area (Å²) in [6.07, 6.45) is 5.29. The summed E-state index contributed by atoms with van der Waals surface area (Å²) in [6.45, 7) is 0. The average molecular weight is 475 g/mol. The van der Waals surface area contributed by atoms with Crippen molar-refractivity contribution in [2.45, 2.75) is 32.1 Å². The molecule has 0 bridgehead atoms. The van der Waals surface area contributed by atoms with E-state index in [4.69, 9.17) is 23.1 Å². The van der Waals surface area contributed by atoms with Gasteiger partial charge < -0.3 is 0 Å². The van der Waals surface area contributed by atoms with Crippen LogP contribution in [0.3, 0.4) is 0 Å². The van der Waals surface area contributed by atoms with E-state index in [9.17, 15) is 0 Å². The van der Waals surface area contributed by atoms with Crippen LogP contribution in [0.15, 0.2) is 83.3 Å². The van der Waals surface area contributed by atoms with Crippen LogP contribution in [0.1, 0.15) is 33.4 Å². The number of aryl methyl sites for hydroxylation is 2. The van der Waals surface area contributed by atoms with E-state index in [-0.39, 0.29) is 0 Å². The highest BCUT2D eigenvalue weighted by molar-refractivity contribution is 5.76. The third kappa shape index (κ3) is 4.75. The first kappa shape index (κ1) is 22.7. The molecule has 1 heterocycles. The van der Waals surface area contributed by atoms with E-state index in [2.05, 4.69) is 78.9 Å². The van der Waals surface area contributed by atoms with Crippen LogP contribution >= 0.6 is 0 Å². The van der Waals surface area contributed by atoms with Gasteiger partial charge in [0.1, 0.15) is 0 Å². The Kier molecular flexibility index (Phi) is 6.21. The summed E-state index contributed by atoms with van der Waals surface area (Å²) in [5, 5.41) is 0. The molecule has 4 aromatic rings. The Morgan fingerprint density at radius 1 is 0.588 bits per heavy atom. The lowest BCUT2D eigenvalue weighted by molar-refractivity contribution is -2.00. The maximum atomic E-state index is 8.49. The summed E-state index contributed by atoms with van der Waals surface area (Å²) in [6, 6.07) is 28.4. The highest BCUT2D eigenvalue weighted by atomic mass is 35.7. The van der Waals surface area contributed by atoms with Gasteiger partial charge in [-0.25, -0.2) is 23.1 Å². The van der Waals surface area contributed by atoms with E-state index < -0.39 is 10.2 Å². The molecule has 6 rings (SSSR count). The van der Waals surface area contributed by atoms with Crippen LogP contribution in [-0.2, 0) is 32.1 Å². The minimum atomic E-state index is -4.94. The Balaban J connectivity index is 0.000000439. The number of fused-ring (bicyclic) bond motifs is 6. The van der Waals surface area contributed by atoms with Crippen molar-refractivity contribution in [3.63, 3.8) is 0 Å². The van der Waals surface area contributed by atoms with Gasteiger partial charge in [-0.1, -0.05) is 66.7 Å². The largest absolute Gasteiger partial charge is 0.364 e. The molecule has 0 fully saturated rings. The summed E-state index contributed by atoms with van der Waals surface area (Å²) in [5.41, 5.74) is 11.1. The van der Waals surface area contributed by atoms with Crippen molar-refractivity contribution in [2.24, 2.45) is 0 Å². The minimum absolute atomic E-state index is 0.978. The summed E-state index contributed by atoms with van der Waals surface area (Å²) in [5.74, 6) is 2.18. The number of halogens is 1. The summed E-state index contributed by atoms with van der Waals surface area (Å²) < 4.78 is 40.7. The van der Waals surface area contributed by atoms with Crippen LogP contribution in [0.4, 0.5) is 0 Å². The molecular formula is C28H23ClO5. The van der Waals surface area contributed by atoms with Gasteiger partial charge in [0.2, 0.25) is 0 Å². The summed E-state index contributed by atoms with van der Waals surface area (Å²) >= 11 is 0. The van der Waals surface area contributed by atoms with Gasteiger partial charge in [0.15, 0.2) is 0 Å². The molecule has 5 nitrogen and oxygen atoms in total. The van der Waals surface area contributed by atoms with Crippen LogP contribution in [0.2, 0.25) is 0 Å². The van der Waals surface area contributed by atoms with Crippen molar-refractivity contribution >= 4 is 0 Å². The van der Waals surface area contributed by atoms with Gasteiger partial charge >= 0.3 is 11.5 Å². The first-order valence-electron chi connectivity index (χ1n) is 11.2. The lowest BCUT2D eigenvalue weighted by Crippen LogP contribution is -2.68. The summed E-state index contributed by atoms with van der Waals surface area (Å²) in [7, 11) is -4.94. The van der Waals surface area contributed by atoms with E-state index >= 15 is 0 Å². The van der Waals surface area contributed by atoms with E-state index in [1.54, 1.807) is 0 Å². The van der Waals surface area contributed by atoms with E-state index in [1.807, 2.05) is 0 Å². The second-order valence-electron chi connectivity index (χ2n) is 8.55. The van der Waals surface area contributed by atoms with Crippen molar-refractivity contribution in [3.05, 3.63) is 112 Å².